The Hall–Kier alpha value is -3.33. The first-order valence-electron chi connectivity index (χ1n) is 9.40. The van der Waals surface area contributed by atoms with Crippen molar-refractivity contribution in [2.45, 2.75) is 20.8 Å². The van der Waals surface area contributed by atoms with Crippen LogP contribution in [0.1, 0.15) is 20.8 Å². The van der Waals surface area contributed by atoms with Crippen molar-refractivity contribution in [2.75, 3.05) is 5.32 Å². The van der Waals surface area contributed by atoms with Gasteiger partial charge in [-0.3, -0.25) is 4.79 Å². The summed E-state index contributed by atoms with van der Waals surface area (Å²) in [6.45, 7) is 5.68. The summed E-state index contributed by atoms with van der Waals surface area (Å²) in [4.78, 5) is 12.6. The zero-order valence-electron chi connectivity index (χ0n) is 16.3. The second kappa shape index (κ2) is 6.68. The molecule has 0 fully saturated rings. The highest BCUT2D eigenvalue weighted by atomic mass is 16.3. The molecule has 0 aliphatic heterocycles. The molecule has 3 nitrogen and oxygen atoms in total. The van der Waals surface area contributed by atoms with Crippen LogP contribution in [0.15, 0.2) is 72.8 Å². The molecular formula is C25H23NO2. The molecule has 4 rings (SSSR count). The van der Waals surface area contributed by atoms with Gasteiger partial charge in [0.05, 0.1) is 0 Å². The predicted molar refractivity (Wildman–Crippen MR) is 117 cm³/mol. The molecule has 0 unspecified atom stereocenters. The molecule has 140 valence electrons. The van der Waals surface area contributed by atoms with E-state index in [0.29, 0.717) is 0 Å². The minimum absolute atomic E-state index is 0.0445. The fourth-order valence-electron chi connectivity index (χ4n) is 3.51. The van der Waals surface area contributed by atoms with Gasteiger partial charge in [0.15, 0.2) is 0 Å². The van der Waals surface area contributed by atoms with Crippen molar-refractivity contribution in [3.8, 4) is 16.9 Å². The van der Waals surface area contributed by atoms with Crippen LogP contribution in [-0.4, -0.2) is 11.0 Å². The maximum atomic E-state index is 12.6. The number of hydrogen-bond donors (Lipinski definition) is 2. The zero-order chi connectivity index (χ0) is 19.9. The van der Waals surface area contributed by atoms with Crippen LogP contribution in [0, 0.1) is 5.41 Å². The number of nitrogens with one attached hydrogen (secondary N) is 1. The lowest BCUT2D eigenvalue weighted by Gasteiger charge is -2.20. The highest BCUT2D eigenvalue weighted by Gasteiger charge is 2.23. The molecule has 0 radical (unpaired) electrons. The smallest absolute Gasteiger partial charge is 0.229 e. The number of fused-ring (bicyclic) bond motifs is 2. The van der Waals surface area contributed by atoms with Crippen molar-refractivity contribution < 1.29 is 9.90 Å². The largest absolute Gasteiger partial charge is 0.507 e. The zero-order valence-corrected chi connectivity index (χ0v) is 16.3. The number of hydrogen-bond acceptors (Lipinski definition) is 2. The molecule has 4 aromatic rings. The molecule has 4 aromatic carbocycles. The fourth-order valence-corrected chi connectivity index (χ4v) is 3.51. The topological polar surface area (TPSA) is 49.3 Å². The summed E-state index contributed by atoms with van der Waals surface area (Å²) in [7, 11) is 0. The van der Waals surface area contributed by atoms with Crippen molar-refractivity contribution in [3.63, 3.8) is 0 Å². The number of benzene rings is 4. The van der Waals surface area contributed by atoms with E-state index in [1.165, 1.54) is 0 Å². The molecule has 0 spiro atoms. The average molecular weight is 369 g/mol. The van der Waals surface area contributed by atoms with Gasteiger partial charge in [-0.25, -0.2) is 0 Å². The van der Waals surface area contributed by atoms with Crippen LogP contribution >= 0.6 is 0 Å². The Morgan fingerprint density at radius 1 is 0.821 bits per heavy atom. The Bertz CT molecular complexity index is 1200. The van der Waals surface area contributed by atoms with E-state index in [1.807, 2.05) is 87.5 Å². The molecule has 0 aliphatic carbocycles. The van der Waals surface area contributed by atoms with E-state index >= 15 is 0 Å². The van der Waals surface area contributed by atoms with Crippen molar-refractivity contribution in [3.05, 3.63) is 72.8 Å². The monoisotopic (exact) mass is 369 g/mol. The van der Waals surface area contributed by atoms with E-state index in [-0.39, 0.29) is 11.7 Å². The molecule has 0 aliphatic rings. The van der Waals surface area contributed by atoms with E-state index in [0.717, 1.165) is 38.4 Å². The van der Waals surface area contributed by atoms with E-state index < -0.39 is 5.41 Å². The minimum atomic E-state index is -0.501. The number of phenols is 1. The summed E-state index contributed by atoms with van der Waals surface area (Å²) < 4.78 is 0. The Morgan fingerprint density at radius 2 is 1.50 bits per heavy atom. The van der Waals surface area contributed by atoms with Crippen LogP contribution in [-0.2, 0) is 4.79 Å². The minimum Gasteiger partial charge on any atom is -0.507 e. The van der Waals surface area contributed by atoms with Crippen molar-refractivity contribution in [2.24, 2.45) is 5.41 Å². The van der Waals surface area contributed by atoms with Gasteiger partial charge in [0.2, 0.25) is 5.91 Å². The van der Waals surface area contributed by atoms with E-state index in [4.69, 9.17) is 0 Å². The normalized spacial score (nSPS) is 11.7. The van der Waals surface area contributed by atoms with Crippen LogP contribution in [0.25, 0.3) is 32.7 Å². The third-order valence-corrected chi connectivity index (χ3v) is 5.01. The lowest BCUT2D eigenvalue weighted by Crippen LogP contribution is -2.27. The van der Waals surface area contributed by atoms with Crippen molar-refractivity contribution in [1.82, 2.24) is 0 Å². The summed E-state index contributed by atoms with van der Waals surface area (Å²) >= 11 is 0. The summed E-state index contributed by atoms with van der Waals surface area (Å²) in [5, 5.41) is 17.8. The SMILES string of the molecule is CC(C)(C)C(=O)Nc1cccc2cccc(-c3c(O)ccc4ccccc34)c12. The molecule has 3 heteroatoms. The second-order valence-corrected chi connectivity index (χ2v) is 8.09. The molecule has 0 aromatic heterocycles. The van der Waals surface area contributed by atoms with Gasteiger partial charge in [-0.1, -0.05) is 81.4 Å². The van der Waals surface area contributed by atoms with Crippen LogP contribution in [0.3, 0.4) is 0 Å². The molecule has 0 atom stereocenters. The molecule has 0 bridgehead atoms. The van der Waals surface area contributed by atoms with E-state index in [2.05, 4.69) is 5.32 Å². The molecule has 0 saturated carbocycles. The number of amides is 1. The van der Waals surface area contributed by atoms with Crippen LogP contribution in [0.2, 0.25) is 0 Å². The molecule has 1 amide bonds. The maximum absolute atomic E-state index is 12.6. The molecular weight excluding hydrogens is 346 g/mol. The second-order valence-electron chi connectivity index (χ2n) is 8.09. The summed E-state index contributed by atoms with van der Waals surface area (Å²) in [6.07, 6.45) is 0. The van der Waals surface area contributed by atoms with Gasteiger partial charge in [-0.15, -0.1) is 0 Å². The molecule has 0 heterocycles. The predicted octanol–water partition coefficient (Wildman–Crippen LogP) is 6.35. The Labute approximate surface area is 164 Å². The third-order valence-electron chi connectivity index (χ3n) is 5.01. The lowest BCUT2D eigenvalue weighted by molar-refractivity contribution is -0.123. The van der Waals surface area contributed by atoms with Crippen LogP contribution in [0.4, 0.5) is 5.69 Å². The number of anilines is 1. The summed E-state index contributed by atoms with van der Waals surface area (Å²) in [6, 6.07) is 23.5. The molecule has 0 saturated heterocycles. The van der Waals surface area contributed by atoms with Gasteiger partial charge in [0, 0.05) is 22.1 Å². The number of phenolic OH excluding ortho intramolecular Hbond substituents is 1. The first-order chi connectivity index (χ1) is 13.4. The number of carbonyl (C=O) groups excluding carboxylic acids is 1. The number of rotatable bonds is 2. The fraction of sp³-hybridized carbons (Fsp3) is 0.160. The first-order valence-corrected chi connectivity index (χ1v) is 9.40. The first kappa shape index (κ1) is 18.1. The van der Waals surface area contributed by atoms with Gasteiger partial charge in [-0.2, -0.15) is 0 Å². The highest BCUT2D eigenvalue weighted by Crippen LogP contribution is 2.42. The lowest BCUT2D eigenvalue weighted by atomic mass is 9.91. The third kappa shape index (κ3) is 3.09. The van der Waals surface area contributed by atoms with Gasteiger partial charge in [0.25, 0.3) is 0 Å². The maximum Gasteiger partial charge on any atom is 0.229 e. The summed E-state index contributed by atoms with van der Waals surface area (Å²) in [5.74, 6) is 0.181. The highest BCUT2D eigenvalue weighted by molar-refractivity contribution is 6.14. The number of carbonyl (C=O) groups is 1. The molecule has 28 heavy (non-hydrogen) atoms. The molecule has 2 N–H and O–H groups in total. The van der Waals surface area contributed by atoms with Gasteiger partial charge < -0.3 is 10.4 Å². The van der Waals surface area contributed by atoms with E-state index in [9.17, 15) is 9.90 Å². The standard InChI is InChI=1S/C25H23NO2/c1-25(2,3)24(28)26-20-13-7-10-17-9-6-12-19(22(17)20)23-18-11-5-4-8-16(18)14-15-21(23)27/h4-15,27H,1-3H3,(H,26,28). The quantitative estimate of drug-likeness (QED) is 0.432. The average Bonchev–Trinajstić information content (AvgIpc) is 2.67. The van der Waals surface area contributed by atoms with Crippen molar-refractivity contribution >= 4 is 33.1 Å². The Kier molecular flexibility index (Phi) is 4.31. The van der Waals surface area contributed by atoms with Crippen LogP contribution in [0.5, 0.6) is 5.75 Å². The Balaban J connectivity index is 2.02. The summed E-state index contributed by atoms with van der Waals surface area (Å²) in [5.41, 5.74) is 1.93. The Morgan fingerprint density at radius 3 is 2.25 bits per heavy atom. The van der Waals surface area contributed by atoms with Gasteiger partial charge in [0.1, 0.15) is 5.75 Å². The number of aromatic hydroxyl groups is 1. The van der Waals surface area contributed by atoms with Gasteiger partial charge in [-0.05, 0) is 33.9 Å². The van der Waals surface area contributed by atoms with Gasteiger partial charge >= 0.3 is 0 Å². The van der Waals surface area contributed by atoms with Crippen molar-refractivity contribution in [1.29, 1.82) is 0 Å². The van der Waals surface area contributed by atoms with Crippen LogP contribution < -0.4 is 5.32 Å². The van der Waals surface area contributed by atoms with E-state index in [1.54, 1.807) is 6.07 Å².